The van der Waals surface area contributed by atoms with Crippen LogP contribution < -0.4 is 5.32 Å². The fourth-order valence-corrected chi connectivity index (χ4v) is 2.12. The van der Waals surface area contributed by atoms with Crippen molar-refractivity contribution in [1.29, 1.82) is 0 Å². The molecule has 5 nitrogen and oxygen atoms in total. The van der Waals surface area contributed by atoms with Gasteiger partial charge in [-0.05, 0) is 43.6 Å². The van der Waals surface area contributed by atoms with Crippen LogP contribution >= 0.6 is 11.6 Å². The van der Waals surface area contributed by atoms with Gasteiger partial charge in [0.05, 0.1) is 5.52 Å². The molecular weight excluding hydrogens is 281 g/mol. The van der Waals surface area contributed by atoms with Gasteiger partial charge in [0.2, 0.25) is 5.28 Å². The molecular formula is C13H11ClFN5. The Kier molecular flexibility index (Phi) is 3.02. The van der Waals surface area contributed by atoms with E-state index in [0.717, 1.165) is 16.8 Å². The van der Waals surface area contributed by atoms with Gasteiger partial charge in [0.1, 0.15) is 11.6 Å². The van der Waals surface area contributed by atoms with Crippen LogP contribution in [0.4, 0.5) is 16.0 Å². The van der Waals surface area contributed by atoms with E-state index in [-0.39, 0.29) is 11.1 Å². The Morgan fingerprint density at radius 2 is 2.00 bits per heavy atom. The molecule has 0 unspecified atom stereocenters. The number of H-pyrrole nitrogens is 1. The first-order chi connectivity index (χ1) is 9.54. The van der Waals surface area contributed by atoms with E-state index in [0.29, 0.717) is 17.0 Å². The van der Waals surface area contributed by atoms with E-state index in [1.54, 1.807) is 6.07 Å². The predicted octanol–water partition coefficient (Wildman–Crippen LogP) is 3.51. The molecule has 0 aliphatic carbocycles. The monoisotopic (exact) mass is 291 g/mol. The summed E-state index contributed by atoms with van der Waals surface area (Å²) in [5.41, 5.74) is 2.38. The number of aromatic amines is 1. The van der Waals surface area contributed by atoms with Crippen molar-refractivity contribution in [2.45, 2.75) is 13.8 Å². The van der Waals surface area contributed by atoms with Gasteiger partial charge in [0.25, 0.3) is 0 Å². The third kappa shape index (κ3) is 2.18. The number of aryl methyl sites for hydroxylation is 1. The summed E-state index contributed by atoms with van der Waals surface area (Å²) >= 11 is 5.86. The number of fused-ring (bicyclic) bond motifs is 1. The van der Waals surface area contributed by atoms with Crippen LogP contribution in [0.1, 0.15) is 11.3 Å². The lowest BCUT2D eigenvalue weighted by Gasteiger charge is -2.08. The van der Waals surface area contributed by atoms with Gasteiger partial charge in [-0.25, -0.2) is 14.4 Å². The summed E-state index contributed by atoms with van der Waals surface area (Å²) in [6.45, 7) is 3.72. The zero-order valence-corrected chi connectivity index (χ0v) is 11.6. The van der Waals surface area contributed by atoms with Gasteiger partial charge < -0.3 is 5.32 Å². The van der Waals surface area contributed by atoms with Crippen molar-refractivity contribution in [3.05, 3.63) is 40.6 Å². The van der Waals surface area contributed by atoms with E-state index in [4.69, 9.17) is 11.6 Å². The van der Waals surface area contributed by atoms with E-state index in [2.05, 4.69) is 25.5 Å². The summed E-state index contributed by atoms with van der Waals surface area (Å²) in [6, 6.07) is 4.42. The molecule has 2 aromatic heterocycles. The Balaban J connectivity index is 2.08. The van der Waals surface area contributed by atoms with Crippen molar-refractivity contribution in [3.63, 3.8) is 0 Å². The fourth-order valence-electron chi connectivity index (χ4n) is 1.91. The molecule has 3 rings (SSSR count). The molecule has 3 aromatic rings. The van der Waals surface area contributed by atoms with Crippen LogP contribution in [-0.4, -0.2) is 20.2 Å². The van der Waals surface area contributed by atoms with E-state index in [1.165, 1.54) is 12.1 Å². The van der Waals surface area contributed by atoms with Crippen molar-refractivity contribution in [2.24, 2.45) is 0 Å². The molecule has 0 aliphatic rings. The van der Waals surface area contributed by atoms with Crippen LogP contribution in [0.2, 0.25) is 5.28 Å². The number of hydrogen-bond donors (Lipinski definition) is 2. The lowest BCUT2D eigenvalue weighted by molar-refractivity contribution is 0.630. The van der Waals surface area contributed by atoms with Crippen LogP contribution in [-0.2, 0) is 0 Å². The topological polar surface area (TPSA) is 66.5 Å². The van der Waals surface area contributed by atoms with Crippen molar-refractivity contribution in [2.75, 3.05) is 5.32 Å². The highest BCUT2D eigenvalue weighted by atomic mass is 35.5. The van der Waals surface area contributed by atoms with Gasteiger partial charge in [0.15, 0.2) is 5.82 Å². The first kappa shape index (κ1) is 12.8. The Bertz CT molecular complexity index is 799. The van der Waals surface area contributed by atoms with Crippen LogP contribution in [0.5, 0.6) is 0 Å². The maximum Gasteiger partial charge on any atom is 0.224 e. The highest BCUT2D eigenvalue weighted by Gasteiger charge is 2.11. The highest BCUT2D eigenvalue weighted by Crippen LogP contribution is 2.26. The second-order valence-corrected chi connectivity index (χ2v) is 4.78. The number of nitrogens with one attached hydrogen (secondary N) is 2. The number of aromatic nitrogens is 4. The largest absolute Gasteiger partial charge is 0.323 e. The Labute approximate surface area is 119 Å². The quantitative estimate of drug-likeness (QED) is 0.709. The Morgan fingerprint density at radius 1 is 1.20 bits per heavy atom. The van der Waals surface area contributed by atoms with Crippen molar-refractivity contribution in [1.82, 2.24) is 20.2 Å². The zero-order valence-electron chi connectivity index (χ0n) is 10.8. The number of nitrogens with zero attached hydrogens (tertiary/aromatic N) is 3. The van der Waals surface area contributed by atoms with Crippen LogP contribution in [0.25, 0.3) is 10.9 Å². The summed E-state index contributed by atoms with van der Waals surface area (Å²) in [5.74, 6) is 0.729. The lowest BCUT2D eigenvalue weighted by Crippen LogP contribution is -2.01. The normalized spacial score (nSPS) is 11.0. The molecule has 0 spiro atoms. The average molecular weight is 292 g/mol. The fraction of sp³-hybridized carbons (Fsp3) is 0.154. The van der Waals surface area contributed by atoms with Crippen LogP contribution in [0.15, 0.2) is 18.2 Å². The Hall–Kier alpha value is -2.21. The molecule has 2 heterocycles. The molecule has 7 heteroatoms. The summed E-state index contributed by atoms with van der Waals surface area (Å²) in [7, 11) is 0. The third-order valence-electron chi connectivity index (χ3n) is 3.12. The molecule has 0 saturated heterocycles. The molecule has 0 saturated carbocycles. The van der Waals surface area contributed by atoms with Crippen LogP contribution in [0.3, 0.4) is 0 Å². The number of halogens is 2. The highest BCUT2D eigenvalue weighted by molar-refractivity contribution is 6.28. The van der Waals surface area contributed by atoms with Gasteiger partial charge in [0, 0.05) is 16.6 Å². The van der Waals surface area contributed by atoms with Crippen molar-refractivity contribution < 1.29 is 4.39 Å². The SMILES string of the molecule is Cc1nc(Cl)nc(Nc2n[nH]c3ccc(F)cc23)c1C. The molecule has 1 aromatic carbocycles. The number of benzene rings is 1. The van der Waals surface area contributed by atoms with Crippen LogP contribution in [0, 0.1) is 19.7 Å². The molecule has 0 radical (unpaired) electrons. The first-order valence-corrected chi connectivity index (χ1v) is 6.34. The number of hydrogen-bond acceptors (Lipinski definition) is 4. The van der Waals surface area contributed by atoms with Crippen molar-refractivity contribution >= 4 is 34.1 Å². The molecule has 20 heavy (non-hydrogen) atoms. The molecule has 0 aliphatic heterocycles. The van der Waals surface area contributed by atoms with Gasteiger partial charge in [-0.15, -0.1) is 0 Å². The second kappa shape index (κ2) is 4.72. The molecule has 0 amide bonds. The maximum atomic E-state index is 13.3. The zero-order chi connectivity index (χ0) is 14.3. The molecule has 102 valence electrons. The summed E-state index contributed by atoms with van der Waals surface area (Å²) in [6.07, 6.45) is 0. The van der Waals surface area contributed by atoms with E-state index < -0.39 is 0 Å². The lowest BCUT2D eigenvalue weighted by atomic mass is 10.2. The standard InChI is InChI=1S/C13H11ClFN5/c1-6-7(2)16-13(14)18-11(6)17-12-9-5-8(15)3-4-10(9)19-20-12/h3-5H,1-2H3,(H2,16,17,18,19,20). The minimum absolute atomic E-state index is 0.154. The molecule has 0 atom stereocenters. The summed E-state index contributed by atoms with van der Waals surface area (Å²) in [4.78, 5) is 8.20. The van der Waals surface area contributed by atoms with E-state index in [9.17, 15) is 4.39 Å². The summed E-state index contributed by atoms with van der Waals surface area (Å²) in [5, 5.41) is 10.8. The van der Waals surface area contributed by atoms with Gasteiger partial charge in [-0.2, -0.15) is 5.10 Å². The minimum Gasteiger partial charge on any atom is -0.323 e. The molecule has 2 N–H and O–H groups in total. The average Bonchev–Trinajstić information content (AvgIpc) is 2.78. The second-order valence-electron chi connectivity index (χ2n) is 4.44. The van der Waals surface area contributed by atoms with Gasteiger partial charge in [-0.1, -0.05) is 0 Å². The Morgan fingerprint density at radius 3 is 2.80 bits per heavy atom. The maximum absolute atomic E-state index is 13.3. The first-order valence-electron chi connectivity index (χ1n) is 5.96. The van der Waals surface area contributed by atoms with Gasteiger partial charge >= 0.3 is 0 Å². The smallest absolute Gasteiger partial charge is 0.224 e. The van der Waals surface area contributed by atoms with E-state index >= 15 is 0 Å². The van der Waals surface area contributed by atoms with E-state index in [1.807, 2.05) is 13.8 Å². The summed E-state index contributed by atoms with van der Waals surface area (Å²) < 4.78 is 13.3. The third-order valence-corrected chi connectivity index (χ3v) is 3.29. The molecule has 0 bridgehead atoms. The molecule has 0 fully saturated rings. The van der Waals surface area contributed by atoms with Gasteiger partial charge in [-0.3, -0.25) is 5.10 Å². The predicted molar refractivity (Wildman–Crippen MR) is 75.9 cm³/mol. The number of rotatable bonds is 2. The minimum atomic E-state index is -0.324. The number of anilines is 2. The van der Waals surface area contributed by atoms with Crippen molar-refractivity contribution in [3.8, 4) is 0 Å².